The van der Waals surface area contributed by atoms with E-state index in [2.05, 4.69) is 10.3 Å². The van der Waals surface area contributed by atoms with Crippen molar-refractivity contribution in [2.24, 2.45) is 0 Å². The summed E-state index contributed by atoms with van der Waals surface area (Å²) >= 11 is 18.2. The molecule has 2 heterocycles. The monoisotopic (exact) mass is 318 g/mol. The van der Waals surface area contributed by atoms with Crippen LogP contribution in [0.1, 0.15) is 17.3 Å². The van der Waals surface area contributed by atoms with E-state index in [0.29, 0.717) is 6.42 Å². The summed E-state index contributed by atoms with van der Waals surface area (Å²) in [6, 6.07) is 7.43. The van der Waals surface area contributed by atoms with E-state index in [0.717, 1.165) is 22.2 Å². The second-order valence-electron chi connectivity index (χ2n) is 4.79. The van der Waals surface area contributed by atoms with Crippen LogP contribution in [0, 0.1) is 0 Å². The molecule has 1 aromatic heterocycles. The Morgan fingerprint density at radius 3 is 2.68 bits per heavy atom. The van der Waals surface area contributed by atoms with Crippen LogP contribution in [-0.4, -0.2) is 26.5 Å². The summed E-state index contributed by atoms with van der Waals surface area (Å²) in [7, 11) is 0. The number of rotatable bonds is 1. The van der Waals surface area contributed by atoms with Gasteiger partial charge in [-0.1, -0.05) is 53.0 Å². The molecular weight excluding hydrogens is 307 g/mol. The van der Waals surface area contributed by atoms with Gasteiger partial charge in [-0.05, 0) is 18.1 Å². The van der Waals surface area contributed by atoms with Crippen LogP contribution in [-0.2, 0) is 6.42 Å². The maximum atomic E-state index is 9.41. The van der Waals surface area contributed by atoms with Gasteiger partial charge >= 0.3 is 0 Å². The number of aliphatic hydroxyl groups excluding tert-OH is 1. The van der Waals surface area contributed by atoms with Gasteiger partial charge in [0.05, 0.1) is 12.6 Å². The van der Waals surface area contributed by atoms with Crippen molar-refractivity contribution in [3.05, 3.63) is 35.5 Å². The van der Waals surface area contributed by atoms with Crippen LogP contribution in [0.4, 0.5) is 0 Å². The molecule has 0 amide bonds. The molecule has 2 unspecified atom stereocenters. The van der Waals surface area contributed by atoms with Crippen molar-refractivity contribution in [3.8, 4) is 0 Å². The quantitative estimate of drug-likeness (QED) is 0.707. The first kappa shape index (κ1) is 13.5. The van der Waals surface area contributed by atoms with Gasteiger partial charge in [-0.15, -0.1) is 0 Å². The molecule has 3 nitrogen and oxygen atoms in total. The second-order valence-corrected chi connectivity index (χ2v) is 7.16. The summed E-state index contributed by atoms with van der Waals surface area (Å²) in [5.41, 5.74) is 3.03. The summed E-state index contributed by atoms with van der Waals surface area (Å²) < 4.78 is -1.47. The number of aliphatic hydroxyl groups is 1. The van der Waals surface area contributed by atoms with Gasteiger partial charge in [0.15, 0.2) is 0 Å². The standard InChI is InChI=1S/C13H13Cl3N2O/c14-13(15,16)12-11-9(5-7(6-19)17-12)8-3-1-2-4-10(8)18-11/h1-4,7,12,17-19H,5-6H2. The highest BCUT2D eigenvalue weighted by atomic mass is 35.6. The van der Waals surface area contributed by atoms with Crippen molar-refractivity contribution in [3.63, 3.8) is 0 Å². The molecule has 6 heteroatoms. The first-order valence-electron chi connectivity index (χ1n) is 6.04. The van der Waals surface area contributed by atoms with E-state index in [1.54, 1.807) is 0 Å². The molecule has 3 rings (SSSR count). The van der Waals surface area contributed by atoms with Gasteiger partial charge in [0.1, 0.15) is 0 Å². The van der Waals surface area contributed by atoms with E-state index in [1.165, 1.54) is 0 Å². The Kier molecular flexibility index (Phi) is 3.44. The number of hydrogen-bond acceptors (Lipinski definition) is 2. The van der Waals surface area contributed by atoms with Crippen LogP contribution in [0.25, 0.3) is 10.9 Å². The normalized spacial score (nSPS) is 23.6. The number of H-pyrrole nitrogens is 1. The van der Waals surface area contributed by atoms with Gasteiger partial charge in [0.25, 0.3) is 0 Å². The Labute approximate surface area is 125 Å². The predicted octanol–water partition coefficient (Wildman–Crippen LogP) is 3.09. The molecule has 0 radical (unpaired) electrons. The molecule has 0 bridgehead atoms. The number of fused-ring (bicyclic) bond motifs is 3. The zero-order chi connectivity index (χ0) is 13.6. The van der Waals surface area contributed by atoms with Crippen molar-refractivity contribution in [2.75, 3.05) is 6.61 Å². The smallest absolute Gasteiger partial charge is 0.211 e. The van der Waals surface area contributed by atoms with Crippen molar-refractivity contribution in [1.29, 1.82) is 0 Å². The summed E-state index contributed by atoms with van der Waals surface area (Å²) in [5.74, 6) is 0. The topological polar surface area (TPSA) is 48.0 Å². The van der Waals surface area contributed by atoms with E-state index in [1.807, 2.05) is 24.3 Å². The Morgan fingerprint density at radius 1 is 1.26 bits per heavy atom. The van der Waals surface area contributed by atoms with Crippen LogP contribution in [0.3, 0.4) is 0 Å². The molecule has 0 saturated carbocycles. The van der Waals surface area contributed by atoms with Gasteiger partial charge in [-0.2, -0.15) is 0 Å². The third-order valence-electron chi connectivity index (χ3n) is 3.54. The third kappa shape index (κ3) is 2.34. The SMILES string of the molecule is OCC1Cc2c([nH]c3ccccc23)C(C(Cl)(Cl)Cl)N1. The highest BCUT2D eigenvalue weighted by Gasteiger charge is 2.41. The Morgan fingerprint density at radius 2 is 2.00 bits per heavy atom. The number of alkyl halides is 3. The maximum absolute atomic E-state index is 9.41. The number of hydrogen-bond donors (Lipinski definition) is 3. The highest BCUT2D eigenvalue weighted by Crippen LogP contribution is 2.44. The van der Waals surface area contributed by atoms with Gasteiger partial charge in [-0.25, -0.2) is 0 Å². The molecule has 19 heavy (non-hydrogen) atoms. The molecule has 3 N–H and O–H groups in total. The highest BCUT2D eigenvalue weighted by molar-refractivity contribution is 6.68. The second kappa shape index (κ2) is 4.83. The Bertz CT molecular complexity index is 605. The average Bonchev–Trinajstić information content (AvgIpc) is 2.74. The number of nitrogens with one attached hydrogen (secondary N) is 2. The fourth-order valence-corrected chi connectivity index (χ4v) is 3.20. The first-order chi connectivity index (χ1) is 9.00. The molecule has 0 fully saturated rings. The average molecular weight is 320 g/mol. The van der Waals surface area contributed by atoms with Crippen LogP contribution in [0.5, 0.6) is 0 Å². The maximum Gasteiger partial charge on any atom is 0.211 e. The van der Waals surface area contributed by atoms with Crippen LogP contribution in [0.15, 0.2) is 24.3 Å². The van der Waals surface area contributed by atoms with Crippen LogP contribution < -0.4 is 5.32 Å². The minimum atomic E-state index is -1.47. The molecular formula is C13H13Cl3N2O. The Hall–Kier alpha value is -0.450. The van der Waals surface area contributed by atoms with Gasteiger partial charge in [0, 0.05) is 22.6 Å². The predicted molar refractivity (Wildman–Crippen MR) is 79.0 cm³/mol. The molecule has 2 atom stereocenters. The molecule has 0 aliphatic carbocycles. The lowest BCUT2D eigenvalue weighted by Crippen LogP contribution is -2.46. The lowest BCUT2D eigenvalue weighted by molar-refractivity contribution is 0.223. The molecule has 1 aromatic carbocycles. The number of halogens is 3. The zero-order valence-corrected chi connectivity index (χ0v) is 12.2. The number of benzene rings is 1. The van der Waals surface area contributed by atoms with Gasteiger partial charge in [-0.3, -0.25) is 5.32 Å². The number of para-hydroxylation sites is 1. The molecule has 102 valence electrons. The molecule has 1 aliphatic rings. The lowest BCUT2D eigenvalue weighted by atomic mass is 9.95. The summed E-state index contributed by atoms with van der Waals surface area (Å²) in [4.78, 5) is 3.32. The van der Waals surface area contributed by atoms with Crippen LogP contribution in [0.2, 0.25) is 0 Å². The number of aromatic nitrogens is 1. The summed E-state index contributed by atoms with van der Waals surface area (Å²) in [5, 5.41) is 13.7. The van der Waals surface area contributed by atoms with Gasteiger partial charge < -0.3 is 10.1 Å². The fraction of sp³-hybridized carbons (Fsp3) is 0.385. The molecule has 2 aromatic rings. The first-order valence-corrected chi connectivity index (χ1v) is 7.17. The fourth-order valence-electron chi connectivity index (χ4n) is 2.69. The van der Waals surface area contributed by atoms with E-state index >= 15 is 0 Å². The minimum Gasteiger partial charge on any atom is -0.395 e. The summed E-state index contributed by atoms with van der Waals surface area (Å²) in [6.45, 7) is 0.0101. The van der Waals surface area contributed by atoms with Crippen molar-refractivity contribution in [2.45, 2.75) is 22.3 Å². The summed E-state index contributed by atoms with van der Waals surface area (Å²) in [6.07, 6.45) is 0.715. The third-order valence-corrected chi connectivity index (χ3v) is 4.19. The van der Waals surface area contributed by atoms with Crippen LogP contribution >= 0.6 is 34.8 Å². The van der Waals surface area contributed by atoms with Crippen molar-refractivity contribution in [1.82, 2.24) is 10.3 Å². The largest absolute Gasteiger partial charge is 0.395 e. The van der Waals surface area contributed by atoms with E-state index in [-0.39, 0.29) is 12.6 Å². The van der Waals surface area contributed by atoms with Crippen molar-refractivity contribution >= 4 is 45.7 Å². The molecule has 0 saturated heterocycles. The lowest BCUT2D eigenvalue weighted by Gasteiger charge is -2.34. The van der Waals surface area contributed by atoms with E-state index in [9.17, 15) is 5.11 Å². The van der Waals surface area contributed by atoms with E-state index in [4.69, 9.17) is 34.8 Å². The number of aromatic amines is 1. The zero-order valence-electron chi connectivity index (χ0n) is 9.96. The minimum absolute atomic E-state index is 0.0101. The van der Waals surface area contributed by atoms with Crippen molar-refractivity contribution < 1.29 is 5.11 Å². The van der Waals surface area contributed by atoms with Gasteiger partial charge in [0.2, 0.25) is 3.79 Å². The Balaban J connectivity index is 2.18. The molecule has 0 spiro atoms. The van der Waals surface area contributed by atoms with E-state index < -0.39 is 9.83 Å². The molecule has 1 aliphatic heterocycles.